The van der Waals surface area contributed by atoms with Gasteiger partial charge in [-0.15, -0.1) is 0 Å². The number of nitrogens with two attached hydrogens (primary N) is 1. The minimum Gasteiger partial charge on any atom is -0.490 e. The van der Waals surface area contributed by atoms with E-state index in [1.807, 2.05) is 20.8 Å². The van der Waals surface area contributed by atoms with E-state index in [4.69, 9.17) is 20.6 Å². The van der Waals surface area contributed by atoms with E-state index in [2.05, 4.69) is 0 Å². The Labute approximate surface area is 95.9 Å². The Kier molecular flexibility index (Phi) is 4.17. The molecule has 0 fully saturated rings. The molecule has 4 nitrogen and oxygen atoms in total. The Morgan fingerprint density at radius 2 is 2.06 bits per heavy atom. The van der Waals surface area contributed by atoms with E-state index < -0.39 is 0 Å². The van der Waals surface area contributed by atoms with Gasteiger partial charge in [0.15, 0.2) is 11.5 Å². The Morgan fingerprint density at radius 1 is 1.38 bits per heavy atom. The van der Waals surface area contributed by atoms with Crippen molar-refractivity contribution in [2.75, 3.05) is 6.61 Å². The van der Waals surface area contributed by atoms with Crippen LogP contribution in [0.3, 0.4) is 0 Å². The molecular weight excluding hydrogens is 204 g/mol. The van der Waals surface area contributed by atoms with Gasteiger partial charge in [0.05, 0.1) is 12.7 Å². The molecule has 3 N–H and O–H groups in total. The lowest BCUT2D eigenvalue weighted by Gasteiger charge is -2.15. The topological polar surface area (TPSA) is 68.3 Å². The van der Waals surface area contributed by atoms with Crippen LogP contribution >= 0.6 is 0 Å². The maximum atomic E-state index is 7.36. The largest absolute Gasteiger partial charge is 0.490 e. The third-order valence-corrected chi connectivity index (χ3v) is 1.92. The Hall–Kier alpha value is -1.71. The van der Waals surface area contributed by atoms with Crippen LogP contribution < -0.4 is 15.2 Å². The van der Waals surface area contributed by atoms with Crippen molar-refractivity contribution in [2.45, 2.75) is 26.9 Å². The van der Waals surface area contributed by atoms with E-state index in [1.165, 1.54) is 0 Å². The van der Waals surface area contributed by atoms with Crippen molar-refractivity contribution >= 4 is 5.84 Å². The van der Waals surface area contributed by atoms with Gasteiger partial charge in [-0.2, -0.15) is 0 Å². The van der Waals surface area contributed by atoms with E-state index >= 15 is 0 Å². The summed E-state index contributed by atoms with van der Waals surface area (Å²) < 4.78 is 11.0. The van der Waals surface area contributed by atoms with Crippen molar-refractivity contribution in [1.82, 2.24) is 0 Å². The van der Waals surface area contributed by atoms with Gasteiger partial charge in [-0.1, -0.05) is 0 Å². The van der Waals surface area contributed by atoms with E-state index in [-0.39, 0.29) is 11.9 Å². The average molecular weight is 222 g/mol. The molecule has 1 aromatic carbocycles. The fourth-order valence-corrected chi connectivity index (χ4v) is 1.30. The Morgan fingerprint density at radius 3 is 2.56 bits per heavy atom. The van der Waals surface area contributed by atoms with Gasteiger partial charge >= 0.3 is 0 Å². The summed E-state index contributed by atoms with van der Waals surface area (Å²) >= 11 is 0. The van der Waals surface area contributed by atoms with Gasteiger partial charge < -0.3 is 15.2 Å². The molecule has 0 heterocycles. The molecule has 4 heteroatoms. The second-order valence-corrected chi connectivity index (χ2v) is 3.67. The van der Waals surface area contributed by atoms with Crippen LogP contribution in [-0.4, -0.2) is 18.5 Å². The third kappa shape index (κ3) is 3.15. The first-order chi connectivity index (χ1) is 7.54. The molecule has 0 aliphatic heterocycles. The normalized spacial score (nSPS) is 10.2. The van der Waals surface area contributed by atoms with Crippen molar-refractivity contribution in [3.05, 3.63) is 23.8 Å². The first-order valence-corrected chi connectivity index (χ1v) is 5.32. The predicted molar refractivity (Wildman–Crippen MR) is 64.4 cm³/mol. The highest BCUT2D eigenvalue weighted by atomic mass is 16.5. The molecule has 1 aromatic rings. The Bertz CT molecular complexity index is 375. The number of hydrogen-bond donors (Lipinski definition) is 2. The van der Waals surface area contributed by atoms with E-state index in [0.717, 1.165) is 0 Å². The number of amidine groups is 1. The molecule has 0 atom stereocenters. The summed E-state index contributed by atoms with van der Waals surface area (Å²) in [5, 5.41) is 7.36. The summed E-state index contributed by atoms with van der Waals surface area (Å²) in [6.07, 6.45) is 0.0855. The predicted octanol–water partition coefficient (Wildman–Crippen LogP) is 2.16. The molecule has 0 bridgehead atoms. The zero-order valence-corrected chi connectivity index (χ0v) is 9.91. The fourth-order valence-electron chi connectivity index (χ4n) is 1.30. The highest BCUT2D eigenvalue weighted by Crippen LogP contribution is 2.29. The van der Waals surface area contributed by atoms with Crippen molar-refractivity contribution in [2.24, 2.45) is 5.73 Å². The summed E-state index contributed by atoms with van der Waals surface area (Å²) in [6, 6.07) is 5.26. The molecule has 88 valence electrons. The molecule has 1 rings (SSSR count). The van der Waals surface area contributed by atoms with Gasteiger partial charge in [-0.25, -0.2) is 0 Å². The second kappa shape index (κ2) is 5.39. The van der Waals surface area contributed by atoms with Gasteiger partial charge in [-0.05, 0) is 39.0 Å². The van der Waals surface area contributed by atoms with E-state index in [0.29, 0.717) is 23.7 Å². The SMILES string of the molecule is CCOc1cc(C(=N)N)ccc1OC(C)C. The molecule has 0 spiro atoms. The molecule has 0 amide bonds. The lowest BCUT2D eigenvalue weighted by molar-refractivity contribution is 0.224. The van der Waals surface area contributed by atoms with Gasteiger partial charge in [0.25, 0.3) is 0 Å². The van der Waals surface area contributed by atoms with Crippen LogP contribution in [0.4, 0.5) is 0 Å². The highest BCUT2D eigenvalue weighted by Gasteiger charge is 2.09. The molecular formula is C12H18N2O2. The summed E-state index contributed by atoms with van der Waals surface area (Å²) in [5.74, 6) is 1.34. The minimum atomic E-state index is 0.0250. The number of ether oxygens (including phenoxy) is 2. The number of hydrogen-bond acceptors (Lipinski definition) is 3. The number of nitrogens with one attached hydrogen (secondary N) is 1. The average Bonchev–Trinajstić information content (AvgIpc) is 2.20. The summed E-state index contributed by atoms with van der Waals surface area (Å²) in [6.45, 7) is 6.36. The molecule has 16 heavy (non-hydrogen) atoms. The van der Waals surface area contributed by atoms with Crippen molar-refractivity contribution in [3.63, 3.8) is 0 Å². The summed E-state index contributed by atoms with van der Waals surface area (Å²) in [7, 11) is 0. The van der Waals surface area contributed by atoms with Gasteiger partial charge in [0.2, 0.25) is 0 Å². The number of rotatable bonds is 5. The van der Waals surface area contributed by atoms with Crippen molar-refractivity contribution in [1.29, 1.82) is 5.41 Å². The molecule has 0 aliphatic rings. The van der Waals surface area contributed by atoms with Gasteiger partial charge in [0, 0.05) is 5.56 Å². The lowest BCUT2D eigenvalue weighted by atomic mass is 10.2. The molecule has 0 aliphatic carbocycles. The second-order valence-electron chi connectivity index (χ2n) is 3.67. The smallest absolute Gasteiger partial charge is 0.161 e. The van der Waals surface area contributed by atoms with Gasteiger partial charge in [0.1, 0.15) is 5.84 Å². The number of nitrogen functional groups attached to an aromatic ring is 1. The molecule has 0 unspecified atom stereocenters. The van der Waals surface area contributed by atoms with Crippen LogP contribution in [0.1, 0.15) is 26.3 Å². The van der Waals surface area contributed by atoms with E-state index in [1.54, 1.807) is 18.2 Å². The fraction of sp³-hybridized carbons (Fsp3) is 0.417. The van der Waals surface area contributed by atoms with Crippen LogP contribution in [0.2, 0.25) is 0 Å². The van der Waals surface area contributed by atoms with Crippen molar-refractivity contribution < 1.29 is 9.47 Å². The van der Waals surface area contributed by atoms with Crippen LogP contribution in [0.25, 0.3) is 0 Å². The zero-order valence-electron chi connectivity index (χ0n) is 9.91. The summed E-state index contributed by atoms with van der Waals surface area (Å²) in [5.41, 5.74) is 6.06. The highest BCUT2D eigenvalue weighted by molar-refractivity contribution is 5.95. The molecule has 0 saturated heterocycles. The quantitative estimate of drug-likeness (QED) is 0.592. The van der Waals surface area contributed by atoms with Crippen LogP contribution in [0, 0.1) is 5.41 Å². The third-order valence-electron chi connectivity index (χ3n) is 1.92. The maximum absolute atomic E-state index is 7.36. The standard InChI is InChI=1S/C12H18N2O2/c1-4-15-11-7-9(12(13)14)5-6-10(11)16-8(2)3/h5-8H,4H2,1-3H3,(H3,13,14). The van der Waals surface area contributed by atoms with Crippen LogP contribution in [-0.2, 0) is 0 Å². The molecule has 0 radical (unpaired) electrons. The van der Waals surface area contributed by atoms with E-state index in [9.17, 15) is 0 Å². The van der Waals surface area contributed by atoms with Crippen LogP contribution in [0.5, 0.6) is 11.5 Å². The Balaban J connectivity index is 3.03. The maximum Gasteiger partial charge on any atom is 0.161 e. The molecule has 0 aromatic heterocycles. The number of benzene rings is 1. The van der Waals surface area contributed by atoms with Crippen molar-refractivity contribution in [3.8, 4) is 11.5 Å². The first-order valence-electron chi connectivity index (χ1n) is 5.32. The zero-order chi connectivity index (χ0) is 12.1. The van der Waals surface area contributed by atoms with Crippen LogP contribution in [0.15, 0.2) is 18.2 Å². The minimum absolute atomic E-state index is 0.0250. The lowest BCUT2D eigenvalue weighted by Crippen LogP contribution is -2.12. The summed E-state index contributed by atoms with van der Waals surface area (Å²) in [4.78, 5) is 0. The van der Waals surface area contributed by atoms with Gasteiger partial charge in [-0.3, -0.25) is 5.41 Å². The first kappa shape index (κ1) is 12.4. The molecule has 0 saturated carbocycles. The monoisotopic (exact) mass is 222 g/mol.